The van der Waals surface area contributed by atoms with Crippen molar-refractivity contribution in [1.29, 1.82) is 0 Å². The summed E-state index contributed by atoms with van der Waals surface area (Å²) in [4.78, 5) is 0. The first kappa shape index (κ1) is 18.3. The van der Waals surface area contributed by atoms with Gasteiger partial charge in [0.25, 0.3) is 0 Å². The number of hydrogen-bond acceptors (Lipinski definition) is 3. The third-order valence-corrected chi connectivity index (χ3v) is 7.94. The molecular weight excluding hydrogens is 322 g/mol. The molecule has 3 N–H and O–H groups in total. The summed E-state index contributed by atoms with van der Waals surface area (Å²) >= 11 is 0. The van der Waals surface area contributed by atoms with Crippen molar-refractivity contribution in [3.63, 3.8) is 0 Å². The Morgan fingerprint density at radius 3 is 2.85 bits per heavy atom. The third kappa shape index (κ3) is 3.18. The maximum atomic E-state index is 9.82. The fourth-order valence-corrected chi connectivity index (χ4v) is 6.59. The van der Waals surface area contributed by atoms with Gasteiger partial charge in [-0.1, -0.05) is 13.0 Å². The average Bonchev–Trinajstić information content (AvgIpc) is 2.97. The predicted molar refractivity (Wildman–Crippen MR) is 105 cm³/mol. The lowest BCUT2D eigenvalue weighted by molar-refractivity contribution is 0.0412. The first-order valence-electron chi connectivity index (χ1n) is 10.8. The van der Waals surface area contributed by atoms with Crippen LogP contribution in [0.2, 0.25) is 0 Å². The van der Waals surface area contributed by atoms with E-state index in [0.29, 0.717) is 29.7 Å². The highest BCUT2D eigenvalue weighted by Gasteiger charge is 2.54. The Labute approximate surface area is 158 Å². The van der Waals surface area contributed by atoms with Crippen LogP contribution in [0, 0.1) is 17.3 Å². The van der Waals surface area contributed by atoms with Gasteiger partial charge < -0.3 is 15.5 Å². The van der Waals surface area contributed by atoms with Crippen molar-refractivity contribution in [2.24, 2.45) is 17.3 Å². The monoisotopic (exact) mass is 357 g/mol. The first-order chi connectivity index (χ1) is 12.6. The normalized spacial score (nSPS) is 35.6. The molecule has 3 aliphatic carbocycles. The molecule has 5 atom stereocenters. The number of benzene rings is 1. The number of aryl methyl sites for hydroxylation is 1. The summed E-state index contributed by atoms with van der Waals surface area (Å²) in [5.41, 5.74) is 3.37. The molecular formula is C23H35NO2. The van der Waals surface area contributed by atoms with E-state index in [-0.39, 0.29) is 0 Å². The standard InChI is InChI=1S/C23H35NO2/c1-23-12-11-19-18-8-6-17(26)15-16(18)5-7-20(19)21(23)9-10-22(23)24-13-3-2-4-14-25/h6,8,15,19-22,24-26H,2-5,7,9-14H2,1H3. The van der Waals surface area contributed by atoms with Gasteiger partial charge in [0.15, 0.2) is 0 Å². The van der Waals surface area contributed by atoms with E-state index in [0.717, 1.165) is 37.6 Å². The number of aromatic hydroxyl groups is 1. The molecule has 0 bridgehead atoms. The lowest BCUT2D eigenvalue weighted by atomic mass is 9.55. The maximum absolute atomic E-state index is 9.82. The van der Waals surface area contributed by atoms with Crippen LogP contribution in [0.4, 0.5) is 0 Å². The maximum Gasteiger partial charge on any atom is 0.115 e. The predicted octanol–water partition coefficient (Wildman–Crippen LogP) is 4.37. The summed E-state index contributed by atoms with van der Waals surface area (Å²) < 4.78 is 0. The van der Waals surface area contributed by atoms with Crippen LogP contribution in [-0.2, 0) is 6.42 Å². The minimum atomic E-state index is 0.325. The summed E-state index contributed by atoms with van der Waals surface area (Å²) in [5.74, 6) is 2.81. The van der Waals surface area contributed by atoms with Gasteiger partial charge in [-0.25, -0.2) is 0 Å². The Morgan fingerprint density at radius 2 is 2.00 bits per heavy atom. The highest BCUT2D eigenvalue weighted by atomic mass is 16.3. The quantitative estimate of drug-likeness (QED) is 0.663. The van der Waals surface area contributed by atoms with Crippen LogP contribution in [0.15, 0.2) is 18.2 Å². The molecule has 2 fully saturated rings. The largest absolute Gasteiger partial charge is 0.508 e. The molecule has 0 amide bonds. The second-order valence-electron chi connectivity index (χ2n) is 9.21. The smallest absolute Gasteiger partial charge is 0.115 e. The van der Waals surface area contributed by atoms with Gasteiger partial charge in [-0.05, 0) is 111 Å². The minimum absolute atomic E-state index is 0.325. The van der Waals surface area contributed by atoms with Gasteiger partial charge in [-0.15, -0.1) is 0 Å². The van der Waals surface area contributed by atoms with Crippen molar-refractivity contribution in [3.05, 3.63) is 29.3 Å². The molecule has 2 saturated carbocycles. The molecule has 3 nitrogen and oxygen atoms in total. The zero-order valence-corrected chi connectivity index (χ0v) is 16.2. The summed E-state index contributed by atoms with van der Waals surface area (Å²) in [6.07, 6.45) is 11.0. The molecule has 3 aliphatic rings. The SMILES string of the molecule is CC12CCC3c4ccc(O)cc4CCC3C1CCC2NCCCCCO. The van der Waals surface area contributed by atoms with E-state index in [1.54, 1.807) is 0 Å². The van der Waals surface area contributed by atoms with Gasteiger partial charge in [0.2, 0.25) is 0 Å². The van der Waals surface area contributed by atoms with Crippen molar-refractivity contribution in [2.45, 2.75) is 76.7 Å². The van der Waals surface area contributed by atoms with Gasteiger partial charge in [-0.2, -0.15) is 0 Å². The zero-order valence-electron chi connectivity index (χ0n) is 16.2. The van der Waals surface area contributed by atoms with Crippen LogP contribution in [0.3, 0.4) is 0 Å². The van der Waals surface area contributed by atoms with Crippen molar-refractivity contribution in [1.82, 2.24) is 5.32 Å². The molecule has 0 aromatic heterocycles. The van der Waals surface area contributed by atoms with Crippen LogP contribution >= 0.6 is 0 Å². The molecule has 5 unspecified atom stereocenters. The van der Waals surface area contributed by atoms with Crippen LogP contribution < -0.4 is 5.32 Å². The van der Waals surface area contributed by atoms with Crippen molar-refractivity contribution < 1.29 is 10.2 Å². The molecule has 0 radical (unpaired) electrons. The van der Waals surface area contributed by atoms with E-state index in [4.69, 9.17) is 5.11 Å². The molecule has 144 valence electrons. The molecule has 26 heavy (non-hydrogen) atoms. The third-order valence-electron chi connectivity index (χ3n) is 7.94. The Hall–Kier alpha value is -1.06. The molecule has 0 aliphatic heterocycles. The van der Waals surface area contributed by atoms with Gasteiger partial charge in [0.05, 0.1) is 0 Å². The Kier molecular flexibility index (Phi) is 5.29. The van der Waals surface area contributed by atoms with Gasteiger partial charge in [0.1, 0.15) is 5.75 Å². The fraction of sp³-hybridized carbons (Fsp3) is 0.739. The Balaban J connectivity index is 1.44. The Bertz CT molecular complexity index is 631. The van der Waals surface area contributed by atoms with Crippen LogP contribution in [-0.4, -0.2) is 29.4 Å². The van der Waals surface area contributed by atoms with E-state index >= 15 is 0 Å². The Morgan fingerprint density at radius 1 is 1.12 bits per heavy atom. The van der Waals surface area contributed by atoms with E-state index in [1.165, 1.54) is 49.7 Å². The molecule has 3 heteroatoms. The zero-order chi connectivity index (χ0) is 18.1. The number of hydrogen-bond donors (Lipinski definition) is 3. The van der Waals surface area contributed by atoms with Crippen molar-refractivity contribution in [2.75, 3.05) is 13.2 Å². The first-order valence-corrected chi connectivity index (χ1v) is 10.8. The number of aliphatic hydroxyl groups excluding tert-OH is 1. The van der Waals surface area contributed by atoms with Crippen LogP contribution in [0.1, 0.15) is 75.3 Å². The molecule has 0 spiro atoms. The molecule has 0 heterocycles. The summed E-state index contributed by atoms with van der Waals surface area (Å²) in [6, 6.07) is 6.77. The number of unbranched alkanes of at least 4 members (excludes halogenated alkanes) is 2. The highest BCUT2D eigenvalue weighted by Crippen LogP contribution is 2.60. The topological polar surface area (TPSA) is 52.5 Å². The lowest BCUT2D eigenvalue weighted by Crippen LogP contribution is -2.48. The van der Waals surface area contributed by atoms with Gasteiger partial charge >= 0.3 is 0 Å². The van der Waals surface area contributed by atoms with Gasteiger partial charge in [0, 0.05) is 12.6 Å². The highest BCUT2D eigenvalue weighted by molar-refractivity contribution is 5.40. The number of phenols is 1. The number of nitrogens with one attached hydrogen (secondary N) is 1. The molecule has 0 saturated heterocycles. The van der Waals surface area contributed by atoms with Crippen LogP contribution in [0.25, 0.3) is 0 Å². The summed E-state index contributed by atoms with van der Waals surface area (Å²) in [7, 11) is 0. The van der Waals surface area contributed by atoms with Crippen molar-refractivity contribution in [3.8, 4) is 5.75 Å². The molecule has 4 rings (SSSR count). The second kappa shape index (κ2) is 7.52. The number of rotatable bonds is 6. The van der Waals surface area contributed by atoms with E-state index in [1.807, 2.05) is 12.1 Å². The second-order valence-corrected chi connectivity index (χ2v) is 9.21. The molecule has 1 aromatic rings. The minimum Gasteiger partial charge on any atom is -0.508 e. The van der Waals surface area contributed by atoms with Gasteiger partial charge in [-0.3, -0.25) is 0 Å². The van der Waals surface area contributed by atoms with E-state index in [2.05, 4.69) is 18.3 Å². The molecule has 1 aromatic carbocycles. The fourth-order valence-electron chi connectivity index (χ4n) is 6.59. The van der Waals surface area contributed by atoms with Crippen LogP contribution in [0.5, 0.6) is 5.75 Å². The lowest BCUT2D eigenvalue weighted by Gasteiger charge is -2.51. The number of aliphatic hydroxyl groups is 1. The van der Waals surface area contributed by atoms with E-state index < -0.39 is 0 Å². The van der Waals surface area contributed by atoms with E-state index in [9.17, 15) is 5.11 Å². The average molecular weight is 358 g/mol. The summed E-state index contributed by atoms with van der Waals surface area (Å²) in [6.45, 7) is 3.98. The number of phenolic OH excluding ortho intramolecular Hbond substituents is 1. The summed E-state index contributed by atoms with van der Waals surface area (Å²) in [5, 5.41) is 22.6. The number of fused-ring (bicyclic) bond motifs is 5. The van der Waals surface area contributed by atoms with Crippen molar-refractivity contribution >= 4 is 0 Å².